The molecule has 0 amide bonds. The third kappa shape index (κ3) is 3.76. The second kappa shape index (κ2) is 8.37. The van der Waals surface area contributed by atoms with E-state index in [9.17, 15) is 0 Å². The topological polar surface area (TPSA) is 0 Å². The molecular weight excluding hydrogens is 396 g/mol. The number of hydrogen-bond donors (Lipinski definition) is 0. The van der Waals surface area contributed by atoms with Gasteiger partial charge in [0.1, 0.15) is 0 Å². The van der Waals surface area contributed by atoms with Gasteiger partial charge in [0, 0.05) is 5.41 Å². The predicted octanol–water partition coefficient (Wildman–Crippen LogP) is 8.34. The first-order valence-electron chi connectivity index (χ1n) is 11.7. The molecule has 0 nitrogen and oxygen atoms in total. The van der Waals surface area contributed by atoms with Crippen LogP contribution in [-0.4, -0.2) is 0 Å². The highest BCUT2D eigenvalue weighted by molar-refractivity contribution is 5.82. The van der Waals surface area contributed by atoms with Crippen molar-refractivity contribution in [1.82, 2.24) is 0 Å². The SMILES string of the molecule is C=Cc1ccc(CC2(Cc3ccc(C=C)cc3)c3cc(C)ccc3-c3ccc(C)cc32)cc1. The molecule has 0 aliphatic heterocycles. The van der Waals surface area contributed by atoms with Crippen LogP contribution in [0.1, 0.15) is 44.5 Å². The zero-order valence-electron chi connectivity index (χ0n) is 19.6. The summed E-state index contributed by atoms with van der Waals surface area (Å²) >= 11 is 0. The van der Waals surface area contributed by atoms with Gasteiger partial charge in [-0.3, -0.25) is 0 Å². The molecule has 0 atom stereocenters. The van der Waals surface area contributed by atoms with Crippen molar-refractivity contribution in [2.45, 2.75) is 32.1 Å². The van der Waals surface area contributed by atoms with E-state index < -0.39 is 0 Å². The standard InChI is InChI=1S/C33H30/c1-5-25-9-13-27(14-10-25)21-33(22-28-15-11-26(6-2)12-16-28)31-19-23(3)7-17-29(31)30-18-8-24(4)20-32(30)33/h5-20H,1-2,21-22H2,3-4H3. The lowest BCUT2D eigenvalue weighted by Gasteiger charge is -2.33. The molecule has 4 aromatic carbocycles. The van der Waals surface area contributed by atoms with Crippen molar-refractivity contribution in [2.24, 2.45) is 0 Å². The smallest absolute Gasteiger partial charge is 0.0295 e. The van der Waals surface area contributed by atoms with Crippen LogP contribution < -0.4 is 0 Å². The van der Waals surface area contributed by atoms with Crippen molar-refractivity contribution in [3.8, 4) is 11.1 Å². The Hall–Kier alpha value is -3.64. The Bertz CT molecular complexity index is 1230. The van der Waals surface area contributed by atoms with Gasteiger partial charge in [-0.25, -0.2) is 0 Å². The summed E-state index contributed by atoms with van der Waals surface area (Å²) in [5.41, 5.74) is 13.2. The van der Waals surface area contributed by atoms with Crippen molar-refractivity contribution < 1.29 is 0 Å². The van der Waals surface area contributed by atoms with Crippen LogP contribution in [-0.2, 0) is 18.3 Å². The molecule has 0 saturated carbocycles. The Labute approximate surface area is 198 Å². The van der Waals surface area contributed by atoms with E-state index in [1.54, 1.807) is 0 Å². The lowest BCUT2D eigenvalue weighted by molar-refractivity contribution is 0.519. The summed E-state index contributed by atoms with van der Waals surface area (Å²) in [4.78, 5) is 0. The summed E-state index contributed by atoms with van der Waals surface area (Å²) in [6, 6.07) is 31.8. The molecular formula is C33H30. The summed E-state index contributed by atoms with van der Waals surface area (Å²) in [6.45, 7) is 12.2. The molecule has 0 unspecified atom stereocenters. The fourth-order valence-electron chi connectivity index (χ4n) is 5.41. The fourth-order valence-corrected chi connectivity index (χ4v) is 5.41. The van der Waals surface area contributed by atoms with Crippen LogP contribution in [0.5, 0.6) is 0 Å². The minimum Gasteiger partial charge on any atom is -0.0985 e. The van der Waals surface area contributed by atoms with E-state index in [0.29, 0.717) is 0 Å². The van der Waals surface area contributed by atoms with Gasteiger partial charge < -0.3 is 0 Å². The van der Waals surface area contributed by atoms with Crippen molar-refractivity contribution in [3.05, 3.63) is 143 Å². The van der Waals surface area contributed by atoms with Crippen LogP contribution in [0.4, 0.5) is 0 Å². The van der Waals surface area contributed by atoms with Crippen LogP contribution in [0.15, 0.2) is 98.1 Å². The van der Waals surface area contributed by atoms with Crippen molar-refractivity contribution >= 4 is 12.2 Å². The third-order valence-corrected chi connectivity index (χ3v) is 7.11. The first-order chi connectivity index (χ1) is 16.0. The summed E-state index contributed by atoms with van der Waals surface area (Å²) in [5, 5.41) is 0. The van der Waals surface area contributed by atoms with E-state index in [1.165, 1.54) is 44.5 Å². The largest absolute Gasteiger partial charge is 0.0985 e. The van der Waals surface area contributed by atoms with Crippen LogP contribution in [0, 0.1) is 13.8 Å². The predicted molar refractivity (Wildman–Crippen MR) is 143 cm³/mol. The molecule has 0 spiro atoms. The minimum absolute atomic E-state index is 0.117. The zero-order valence-corrected chi connectivity index (χ0v) is 19.6. The maximum absolute atomic E-state index is 3.92. The van der Waals surface area contributed by atoms with E-state index >= 15 is 0 Å². The quantitative estimate of drug-likeness (QED) is 0.291. The third-order valence-electron chi connectivity index (χ3n) is 7.11. The number of rotatable bonds is 6. The van der Waals surface area contributed by atoms with Gasteiger partial charge in [-0.1, -0.05) is 121 Å². The van der Waals surface area contributed by atoms with E-state index in [1.807, 2.05) is 12.2 Å². The maximum atomic E-state index is 3.92. The molecule has 0 fully saturated rings. The summed E-state index contributed by atoms with van der Waals surface area (Å²) in [5.74, 6) is 0. The van der Waals surface area contributed by atoms with Gasteiger partial charge in [-0.2, -0.15) is 0 Å². The van der Waals surface area contributed by atoms with E-state index in [0.717, 1.165) is 24.0 Å². The highest BCUT2D eigenvalue weighted by atomic mass is 14.5. The van der Waals surface area contributed by atoms with Gasteiger partial charge in [0.15, 0.2) is 0 Å². The average Bonchev–Trinajstić information content (AvgIpc) is 3.08. The molecule has 0 N–H and O–H groups in total. The highest BCUT2D eigenvalue weighted by Gasteiger charge is 2.43. The summed E-state index contributed by atoms with van der Waals surface area (Å²) in [7, 11) is 0. The van der Waals surface area contributed by atoms with E-state index in [4.69, 9.17) is 0 Å². The van der Waals surface area contributed by atoms with Crippen LogP contribution in [0.2, 0.25) is 0 Å². The number of benzene rings is 4. The molecule has 33 heavy (non-hydrogen) atoms. The van der Waals surface area contributed by atoms with E-state index in [2.05, 4.69) is 112 Å². The van der Waals surface area contributed by atoms with Gasteiger partial charge >= 0.3 is 0 Å². The Morgan fingerprint density at radius 2 is 0.970 bits per heavy atom. The Kier molecular flexibility index (Phi) is 5.38. The maximum Gasteiger partial charge on any atom is 0.0295 e. The molecule has 1 aliphatic carbocycles. The molecule has 0 aromatic heterocycles. The molecule has 5 rings (SSSR count). The van der Waals surface area contributed by atoms with Crippen LogP contribution >= 0.6 is 0 Å². The van der Waals surface area contributed by atoms with Crippen molar-refractivity contribution in [1.29, 1.82) is 0 Å². The second-order valence-corrected chi connectivity index (χ2v) is 9.43. The van der Waals surface area contributed by atoms with Gasteiger partial charge in [-0.15, -0.1) is 0 Å². The van der Waals surface area contributed by atoms with Gasteiger partial charge in [0.2, 0.25) is 0 Å². The number of fused-ring (bicyclic) bond motifs is 3. The number of aryl methyl sites for hydroxylation is 2. The summed E-state index contributed by atoms with van der Waals surface area (Å²) in [6.07, 6.45) is 5.74. The first-order valence-corrected chi connectivity index (χ1v) is 11.7. The van der Waals surface area contributed by atoms with Crippen LogP contribution in [0.3, 0.4) is 0 Å². The van der Waals surface area contributed by atoms with Crippen molar-refractivity contribution in [3.63, 3.8) is 0 Å². The normalized spacial score (nSPS) is 13.3. The minimum atomic E-state index is -0.117. The van der Waals surface area contributed by atoms with Gasteiger partial charge in [0.05, 0.1) is 0 Å². The summed E-state index contributed by atoms with van der Waals surface area (Å²) < 4.78 is 0. The van der Waals surface area contributed by atoms with Gasteiger partial charge in [-0.05, 0) is 71.2 Å². The molecule has 0 saturated heterocycles. The fraction of sp³-hybridized carbons (Fsp3) is 0.152. The molecule has 0 heteroatoms. The molecule has 0 radical (unpaired) electrons. The number of hydrogen-bond acceptors (Lipinski definition) is 0. The monoisotopic (exact) mass is 426 g/mol. The lowest BCUT2D eigenvalue weighted by Crippen LogP contribution is -2.31. The van der Waals surface area contributed by atoms with Crippen LogP contribution in [0.25, 0.3) is 23.3 Å². The Morgan fingerprint density at radius 3 is 1.33 bits per heavy atom. The second-order valence-electron chi connectivity index (χ2n) is 9.43. The Morgan fingerprint density at radius 1 is 0.576 bits per heavy atom. The molecule has 0 bridgehead atoms. The first kappa shape index (κ1) is 21.2. The molecule has 0 heterocycles. The Balaban J connectivity index is 1.73. The zero-order chi connectivity index (χ0) is 23.0. The highest BCUT2D eigenvalue weighted by Crippen LogP contribution is 2.52. The van der Waals surface area contributed by atoms with Crippen molar-refractivity contribution in [2.75, 3.05) is 0 Å². The average molecular weight is 427 g/mol. The molecule has 4 aromatic rings. The van der Waals surface area contributed by atoms with Gasteiger partial charge in [0.25, 0.3) is 0 Å². The molecule has 162 valence electrons. The molecule has 1 aliphatic rings. The van der Waals surface area contributed by atoms with E-state index in [-0.39, 0.29) is 5.41 Å². The lowest BCUT2D eigenvalue weighted by atomic mass is 9.69.